The molecule has 1 aromatic rings. The molecule has 0 aliphatic carbocycles. The Kier molecular flexibility index (Phi) is 5.69. The van der Waals surface area contributed by atoms with Crippen molar-refractivity contribution in [3.63, 3.8) is 0 Å². The van der Waals surface area contributed by atoms with Crippen molar-refractivity contribution in [1.29, 1.82) is 0 Å². The highest BCUT2D eigenvalue weighted by Crippen LogP contribution is 2.37. The van der Waals surface area contributed by atoms with Gasteiger partial charge in [0.25, 0.3) is 0 Å². The fraction of sp³-hybridized carbons (Fsp3) is 0.600. The molecule has 3 rings (SSSR count). The van der Waals surface area contributed by atoms with Gasteiger partial charge in [0, 0.05) is 26.2 Å². The van der Waals surface area contributed by atoms with Gasteiger partial charge in [-0.3, -0.25) is 4.90 Å². The highest BCUT2D eigenvalue weighted by molar-refractivity contribution is 6.52. The smallest absolute Gasteiger partial charge is 0.400 e. The molecule has 2 aliphatic heterocycles. The fourth-order valence-corrected chi connectivity index (χ4v) is 3.11. The van der Waals surface area contributed by atoms with E-state index in [-0.39, 0.29) is 18.3 Å². The zero-order valence-electron chi connectivity index (χ0n) is 16.0. The summed E-state index contributed by atoms with van der Waals surface area (Å²) < 4.78 is 17.5. The summed E-state index contributed by atoms with van der Waals surface area (Å²) >= 11 is 0. The topological polar surface area (TPSA) is 30.9 Å². The minimum absolute atomic E-state index is 0.289. The zero-order chi connectivity index (χ0) is 17.9. The highest BCUT2D eigenvalue weighted by atomic mass is 16.7. The fourth-order valence-electron chi connectivity index (χ4n) is 3.11. The van der Waals surface area contributed by atoms with Crippen LogP contribution in [-0.4, -0.2) is 49.5 Å². The van der Waals surface area contributed by atoms with Gasteiger partial charge < -0.3 is 14.0 Å². The summed E-state index contributed by atoms with van der Waals surface area (Å²) in [4.78, 5) is 2.46. The van der Waals surface area contributed by atoms with Gasteiger partial charge in [0.1, 0.15) is 0 Å². The first-order valence-corrected chi connectivity index (χ1v) is 9.29. The molecule has 136 valence electrons. The Hall–Kier alpha value is -1.14. The van der Waals surface area contributed by atoms with Gasteiger partial charge in [-0.1, -0.05) is 36.3 Å². The molecule has 4 nitrogen and oxygen atoms in total. The molecule has 0 spiro atoms. The molecule has 0 atom stereocenters. The molecular weight excluding hydrogens is 313 g/mol. The van der Waals surface area contributed by atoms with Crippen LogP contribution in [0.3, 0.4) is 0 Å². The van der Waals surface area contributed by atoms with Crippen LogP contribution in [0, 0.1) is 0 Å². The van der Waals surface area contributed by atoms with Gasteiger partial charge in [0.05, 0.1) is 17.8 Å². The maximum atomic E-state index is 5.99. The lowest BCUT2D eigenvalue weighted by Gasteiger charge is -2.32. The average molecular weight is 343 g/mol. The molecule has 0 aromatic heterocycles. The average Bonchev–Trinajstić information content (AvgIpc) is 2.74. The number of rotatable bonds is 4. The molecule has 0 radical (unpaired) electrons. The molecule has 2 heterocycles. The lowest BCUT2D eigenvalue weighted by molar-refractivity contribution is 0.00578. The third-order valence-electron chi connectivity index (χ3n) is 5.42. The van der Waals surface area contributed by atoms with E-state index in [4.69, 9.17) is 14.0 Å². The number of nitrogens with zero attached hydrogens (tertiary/aromatic N) is 1. The third kappa shape index (κ3) is 4.73. The van der Waals surface area contributed by atoms with E-state index in [9.17, 15) is 0 Å². The van der Waals surface area contributed by atoms with Crippen LogP contribution >= 0.6 is 0 Å². The SMILES string of the molecule is CC1(C)OB(/C=C/c2ccc(CN3CCCOCC3)cc2)OC1(C)C. The predicted octanol–water partition coefficient (Wildman–Crippen LogP) is 3.55. The van der Waals surface area contributed by atoms with Crippen LogP contribution in [0.2, 0.25) is 0 Å². The number of hydrogen-bond acceptors (Lipinski definition) is 4. The molecule has 2 aliphatic rings. The summed E-state index contributed by atoms with van der Waals surface area (Å²) in [6, 6.07) is 8.72. The maximum Gasteiger partial charge on any atom is 0.487 e. The quantitative estimate of drug-likeness (QED) is 0.783. The summed E-state index contributed by atoms with van der Waals surface area (Å²) in [7, 11) is -0.290. The van der Waals surface area contributed by atoms with Crippen molar-refractivity contribution in [2.45, 2.75) is 51.9 Å². The first-order valence-electron chi connectivity index (χ1n) is 9.29. The predicted molar refractivity (Wildman–Crippen MR) is 102 cm³/mol. The molecule has 0 amide bonds. The lowest BCUT2D eigenvalue weighted by Crippen LogP contribution is -2.41. The van der Waals surface area contributed by atoms with Crippen molar-refractivity contribution in [1.82, 2.24) is 4.90 Å². The number of ether oxygens (including phenoxy) is 1. The molecule has 5 heteroatoms. The van der Waals surface area contributed by atoms with Crippen molar-refractivity contribution in [2.24, 2.45) is 0 Å². The van der Waals surface area contributed by atoms with E-state index in [2.05, 4.69) is 62.9 Å². The Morgan fingerprint density at radius 2 is 1.68 bits per heavy atom. The number of hydrogen-bond donors (Lipinski definition) is 0. The van der Waals surface area contributed by atoms with E-state index in [1.165, 1.54) is 5.56 Å². The van der Waals surface area contributed by atoms with Gasteiger partial charge in [-0.25, -0.2) is 0 Å². The molecule has 25 heavy (non-hydrogen) atoms. The van der Waals surface area contributed by atoms with Crippen LogP contribution in [0.5, 0.6) is 0 Å². The van der Waals surface area contributed by atoms with Crippen molar-refractivity contribution < 1.29 is 14.0 Å². The van der Waals surface area contributed by atoms with E-state index in [1.807, 2.05) is 5.98 Å². The Morgan fingerprint density at radius 3 is 2.36 bits per heavy atom. The highest BCUT2D eigenvalue weighted by Gasteiger charge is 2.49. The Balaban J connectivity index is 1.56. The standard InChI is InChI=1S/C20H30BNO3/c1-19(2)20(3,4)25-21(24-19)11-10-17-6-8-18(9-7-17)16-22-12-5-14-23-15-13-22/h6-11H,5,12-16H2,1-4H3/b11-10+. The summed E-state index contributed by atoms with van der Waals surface area (Å²) in [6.07, 6.45) is 3.20. The van der Waals surface area contributed by atoms with Crippen molar-refractivity contribution in [3.05, 3.63) is 41.4 Å². The van der Waals surface area contributed by atoms with Gasteiger partial charge in [-0.15, -0.1) is 0 Å². The van der Waals surface area contributed by atoms with Crippen molar-refractivity contribution in [2.75, 3.05) is 26.3 Å². The summed E-state index contributed by atoms with van der Waals surface area (Å²) in [5, 5.41) is 0. The number of benzene rings is 1. The van der Waals surface area contributed by atoms with Crippen LogP contribution < -0.4 is 0 Å². The second-order valence-corrected chi connectivity index (χ2v) is 7.97. The Labute approximate surface area is 152 Å². The molecular formula is C20H30BNO3. The van der Waals surface area contributed by atoms with Gasteiger partial charge >= 0.3 is 7.12 Å². The Bertz CT molecular complexity index is 573. The second kappa shape index (κ2) is 7.62. The maximum absolute atomic E-state index is 5.99. The summed E-state index contributed by atoms with van der Waals surface area (Å²) in [6.45, 7) is 13.1. The first-order chi connectivity index (χ1) is 11.9. The van der Waals surface area contributed by atoms with Gasteiger partial charge in [0.2, 0.25) is 0 Å². The minimum atomic E-state index is -0.290. The summed E-state index contributed by atoms with van der Waals surface area (Å²) in [5.74, 6) is 2.00. The monoisotopic (exact) mass is 343 g/mol. The minimum Gasteiger partial charge on any atom is -0.400 e. The normalized spacial score (nSPS) is 23.9. The summed E-state index contributed by atoms with van der Waals surface area (Å²) in [5.41, 5.74) is 1.93. The first kappa shape index (κ1) is 18.6. The third-order valence-corrected chi connectivity index (χ3v) is 5.42. The van der Waals surface area contributed by atoms with E-state index >= 15 is 0 Å². The van der Waals surface area contributed by atoms with E-state index in [0.29, 0.717) is 0 Å². The van der Waals surface area contributed by atoms with Crippen LogP contribution in [0.25, 0.3) is 6.08 Å². The second-order valence-electron chi connectivity index (χ2n) is 7.97. The molecule has 1 aromatic carbocycles. The largest absolute Gasteiger partial charge is 0.487 e. The van der Waals surface area contributed by atoms with Crippen LogP contribution in [0.15, 0.2) is 30.2 Å². The molecule has 0 unspecified atom stereocenters. The molecule has 0 saturated carbocycles. The van der Waals surface area contributed by atoms with Gasteiger partial charge in [-0.05, 0) is 45.2 Å². The van der Waals surface area contributed by atoms with E-state index in [0.717, 1.165) is 44.8 Å². The van der Waals surface area contributed by atoms with Crippen molar-refractivity contribution >= 4 is 13.2 Å². The molecule has 2 fully saturated rings. The van der Waals surface area contributed by atoms with E-state index in [1.54, 1.807) is 0 Å². The van der Waals surface area contributed by atoms with Crippen LogP contribution in [-0.2, 0) is 20.6 Å². The molecule has 2 saturated heterocycles. The van der Waals surface area contributed by atoms with Crippen LogP contribution in [0.4, 0.5) is 0 Å². The van der Waals surface area contributed by atoms with Crippen LogP contribution in [0.1, 0.15) is 45.2 Å². The van der Waals surface area contributed by atoms with E-state index < -0.39 is 0 Å². The zero-order valence-corrected chi connectivity index (χ0v) is 16.0. The lowest BCUT2D eigenvalue weighted by atomic mass is 9.89. The van der Waals surface area contributed by atoms with Gasteiger partial charge in [0.15, 0.2) is 0 Å². The van der Waals surface area contributed by atoms with Crippen molar-refractivity contribution in [3.8, 4) is 0 Å². The molecule has 0 N–H and O–H groups in total. The molecule has 0 bridgehead atoms. The van der Waals surface area contributed by atoms with Gasteiger partial charge in [-0.2, -0.15) is 0 Å². The Morgan fingerprint density at radius 1 is 1.00 bits per heavy atom.